The summed E-state index contributed by atoms with van der Waals surface area (Å²) in [5.74, 6) is 0.775. The molecule has 1 heterocycles. The van der Waals surface area contributed by atoms with E-state index in [0.717, 1.165) is 50.3 Å². The van der Waals surface area contributed by atoms with E-state index in [1.54, 1.807) is 6.07 Å². The van der Waals surface area contributed by atoms with Crippen molar-refractivity contribution in [2.24, 2.45) is 5.92 Å². The van der Waals surface area contributed by atoms with Gasteiger partial charge in [0.05, 0.1) is 4.90 Å². The molecule has 21 heavy (non-hydrogen) atoms. The van der Waals surface area contributed by atoms with Gasteiger partial charge >= 0.3 is 0 Å². The first-order valence-corrected chi connectivity index (χ1v) is 9.41. The fourth-order valence-electron chi connectivity index (χ4n) is 3.41. The lowest BCUT2D eigenvalue weighted by molar-refractivity contribution is 0.306. The predicted molar refractivity (Wildman–Crippen MR) is 83.3 cm³/mol. The van der Waals surface area contributed by atoms with Crippen LogP contribution >= 0.6 is 0 Å². The van der Waals surface area contributed by atoms with E-state index in [9.17, 15) is 8.42 Å². The van der Waals surface area contributed by atoms with Crippen molar-refractivity contribution in [1.82, 2.24) is 10.0 Å². The molecule has 116 valence electrons. The first-order chi connectivity index (χ1) is 10.1. The van der Waals surface area contributed by atoms with Crippen molar-refractivity contribution in [3.8, 4) is 0 Å². The molecule has 2 N–H and O–H groups in total. The van der Waals surface area contributed by atoms with Gasteiger partial charge in [-0.1, -0.05) is 19.4 Å². The van der Waals surface area contributed by atoms with E-state index < -0.39 is 10.0 Å². The second-order valence-electron chi connectivity index (χ2n) is 6.28. The number of hydrogen-bond donors (Lipinski definition) is 2. The van der Waals surface area contributed by atoms with Gasteiger partial charge in [-0.15, -0.1) is 0 Å². The fraction of sp³-hybridized carbons (Fsp3) is 0.625. The van der Waals surface area contributed by atoms with E-state index in [1.165, 1.54) is 12.0 Å². The lowest BCUT2D eigenvalue weighted by atomic mass is 9.85. The van der Waals surface area contributed by atoms with Gasteiger partial charge in [-0.05, 0) is 54.9 Å². The first kappa shape index (κ1) is 15.0. The largest absolute Gasteiger partial charge is 0.309 e. The van der Waals surface area contributed by atoms with Crippen molar-refractivity contribution < 1.29 is 8.42 Å². The molecule has 3 rings (SSSR count). The molecule has 1 aromatic rings. The minimum absolute atomic E-state index is 0.101. The maximum Gasteiger partial charge on any atom is 0.240 e. The zero-order chi connectivity index (χ0) is 14.9. The van der Waals surface area contributed by atoms with E-state index >= 15 is 0 Å². The Bertz CT molecular complexity index is 605. The van der Waals surface area contributed by atoms with Crippen molar-refractivity contribution in [1.29, 1.82) is 0 Å². The second kappa shape index (κ2) is 6.07. The highest BCUT2D eigenvalue weighted by Crippen LogP contribution is 2.28. The average molecular weight is 308 g/mol. The summed E-state index contributed by atoms with van der Waals surface area (Å²) in [5.41, 5.74) is 2.31. The molecule has 0 spiro atoms. The molecule has 1 fully saturated rings. The highest BCUT2D eigenvalue weighted by Gasteiger charge is 2.25. The molecule has 1 aromatic carbocycles. The Labute approximate surface area is 127 Å². The molecule has 0 aromatic heterocycles. The topological polar surface area (TPSA) is 58.2 Å². The molecule has 4 nitrogen and oxygen atoms in total. The van der Waals surface area contributed by atoms with Crippen LogP contribution in [0.25, 0.3) is 0 Å². The Kier molecular flexibility index (Phi) is 4.33. The molecule has 1 aliphatic carbocycles. The summed E-state index contributed by atoms with van der Waals surface area (Å²) in [4.78, 5) is 0.405. The van der Waals surface area contributed by atoms with Crippen LogP contribution in [0.5, 0.6) is 0 Å². The Hall–Kier alpha value is -0.910. The summed E-state index contributed by atoms with van der Waals surface area (Å²) < 4.78 is 27.9. The van der Waals surface area contributed by atoms with Gasteiger partial charge in [-0.2, -0.15) is 0 Å². The van der Waals surface area contributed by atoms with Gasteiger partial charge in [0.1, 0.15) is 0 Å². The standard InChI is InChI=1S/C16H24N2O2S/c1-2-12-3-6-15(7-4-12)18-21(19,20)16-8-5-13-10-17-11-14(13)9-16/h5,8-9,12,15,17-18H,2-4,6-7,10-11H2,1H3. The first-order valence-electron chi connectivity index (χ1n) is 7.93. The zero-order valence-corrected chi connectivity index (χ0v) is 13.4. The molecule has 0 atom stereocenters. The van der Waals surface area contributed by atoms with E-state index in [0.29, 0.717) is 4.90 Å². The van der Waals surface area contributed by atoms with Crippen LogP contribution in [0.4, 0.5) is 0 Å². The molecule has 0 unspecified atom stereocenters. The van der Waals surface area contributed by atoms with Crippen LogP contribution in [0.3, 0.4) is 0 Å². The molecule has 0 saturated heterocycles. The predicted octanol–water partition coefficient (Wildman–Crippen LogP) is 2.54. The van der Waals surface area contributed by atoms with Gasteiger partial charge in [0.2, 0.25) is 10.0 Å². The zero-order valence-electron chi connectivity index (χ0n) is 12.6. The van der Waals surface area contributed by atoms with Gasteiger partial charge in [-0.25, -0.2) is 13.1 Å². The van der Waals surface area contributed by atoms with Gasteiger partial charge in [0.15, 0.2) is 0 Å². The second-order valence-corrected chi connectivity index (χ2v) is 8.00. The Morgan fingerprint density at radius 1 is 1.14 bits per heavy atom. The van der Waals surface area contributed by atoms with Crippen molar-refractivity contribution >= 4 is 10.0 Å². The highest BCUT2D eigenvalue weighted by molar-refractivity contribution is 7.89. The van der Waals surface area contributed by atoms with Crippen LogP contribution in [-0.4, -0.2) is 14.5 Å². The van der Waals surface area contributed by atoms with Gasteiger partial charge in [0.25, 0.3) is 0 Å². The Balaban J connectivity index is 1.70. The third-order valence-corrected chi connectivity index (χ3v) is 6.38. The fourth-order valence-corrected chi connectivity index (χ4v) is 4.77. The van der Waals surface area contributed by atoms with E-state index in [2.05, 4.69) is 17.0 Å². The number of sulfonamides is 1. The molecular formula is C16H24N2O2S. The number of hydrogen-bond acceptors (Lipinski definition) is 3. The Morgan fingerprint density at radius 3 is 2.57 bits per heavy atom. The monoisotopic (exact) mass is 308 g/mol. The lowest BCUT2D eigenvalue weighted by Crippen LogP contribution is -2.37. The molecule has 5 heteroatoms. The van der Waals surface area contributed by atoms with E-state index in [4.69, 9.17) is 0 Å². The van der Waals surface area contributed by atoms with Crippen LogP contribution in [0.1, 0.15) is 50.2 Å². The highest BCUT2D eigenvalue weighted by atomic mass is 32.2. The van der Waals surface area contributed by atoms with E-state index in [-0.39, 0.29) is 6.04 Å². The smallest absolute Gasteiger partial charge is 0.240 e. The molecule has 2 aliphatic rings. The summed E-state index contributed by atoms with van der Waals surface area (Å²) in [6, 6.07) is 5.57. The number of benzene rings is 1. The molecule has 1 aliphatic heterocycles. The summed E-state index contributed by atoms with van der Waals surface area (Å²) in [7, 11) is -3.38. The maximum absolute atomic E-state index is 12.5. The molecule has 0 radical (unpaired) electrons. The number of fused-ring (bicyclic) bond motifs is 1. The van der Waals surface area contributed by atoms with Crippen LogP contribution in [0.2, 0.25) is 0 Å². The van der Waals surface area contributed by atoms with Crippen LogP contribution in [0, 0.1) is 5.92 Å². The number of nitrogens with one attached hydrogen (secondary N) is 2. The summed E-state index contributed by atoms with van der Waals surface area (Å²) >= 11 is 0. The normalized spacial score (nSPS) is 25.8. The van der Waals surface area contributed by atoms with Gasteiger partial charge < -0.3 is 5.32 Å². The van der Waals surface area contributed by atoms with Gasteiger partial charge in [-0.3, -0.25) is 0 Å². The van der Waals surface area contributed by atoms with Crippen molar-refractivity contribution in [3.05, 3.63) is 29.3 Å². The van der Waals surface area contributed by atoms with Crippen LogP contribution in [-0.2, 0) is 23.1 Å². The average Bonchev–Trinajstić information content (AvgIpc) is 2.95. The minimum Gasteiger partial charge on any atom is -0.309 e. The third kappa shape index (κ3) is 3.30. The third-order valence-electron chi connectivity index (χ3n) is 4.86. The molecule has 0 bridgehead atoms. The van der Waals surface area contributed by atoms with Gasteiger partial charge in [0, 0.05) is 19.1 Å². The van der Waals surface area contributed by atoms with Crippen molar-refractivity contribution in [3.63, 3.8) is 0 Å². The molecule has 0 amide bonds. The lowest BCUT2D eigenvalue weighted by Gasteiger charge is -2.28. The summed E-state index contributed by atoms with van der Waals surface area (Å²) in [6.07, 6.45) is 5.40. The van der Waals surface area contributed by atoms with Crippen molar-refractivity contribution in [2.45, 2.75) is 63.1 Å². The van der Waals surface area contributed by atoms with E-state index in [1.807, 2.05) is 12.1 Å². The maximum atomic E-state index is 12.5. The Morgan fingerprint density at radius 2 is 1.86 bits per heavy atom. The minimum atomic E-state index is -3.38. The van der Waals surface area contributed by atoms with Crippen LogP contribution < -0.4 is 10.0 Å². The molecular weight excluding hydrogens is 284 g/mol. The number of rotatable bonds is 4. The molecule has 1 saturated carbocycles. The van der Waals surface area contributed by atoms with Crippen molar-refractivity contribution in [2.75, 3.05) is 0 Å². The SMILES string of the molecule is CCC1CCC(NS(=O)(=O)c2ccc3c(c2)CNC3)CC1. The summed E-state index contributed by atoms with van der Waals surface area (Å²) in [6.45, 7) is 3.82. The summed E-state index contributed by atoms with van der Waals surface area (Å²) in [5, 5.41) is 3.24. The van der Waals surface area contributed by atoms with Crippen LogP contribution in [0.15, 0.2) is 23.1 Å². The quantitative estimate of drug-likeness (QED) is 0.898.